The first kappa shape index (κ1) is 13.3. The maximum atomic E-state index is 11.6. The molecule has 0 aromatic carbocycles. The number of piperazine rings is 1. The van der Waals surface area contributed by atoms with Gasteiger partial charge in [-0.2, -0.15) is 0 Å². The van der Waals surface area contributed by atoms with E-state index >= 15 is 0 Å². The number of hydrogen-bond acceptors (Lipinski definition) is 4. The van der Waals surface area contributed by atoms with Crippen LogP contribution in [0.3, 0.4) is 0 Å². The Morgan fingerprint density at radius 3 is 2.74 bits per heavy atom. The van der Waals surface area contributed by atoms with Gasteiger partial charge in [-0.15, -0.1) is 11.3 Å². The van der Waals surface area contributed by atoms with Crippen LogP contribution in [0.5, 0.6) is 0 Å². The number of carbonyl (C=O) groups is 1. The highest BCUT2D eigenvalue weighted by Gasteiger charge is 2.29. The molecule has 4 heteroatoms. The van der Waals surface area contributed by atoms with Crippen molar-refractivity contribution < 1.29 is 4.79 Å². The van der Waals surface area contributed by atoms with Crippen molar-refractivity contribution in [1.82, 2.24) is 9.80 Å². The lowest BCUT2D eigenvalue weighted by molar-refractivity contribution is 0.101. The number of likely N-dealkylation sites (N-methyl/N-ethyl adjacent to an activating group) is 1. The number of carbonyl (C=O) groups excluding carboxylic acids is 1. The van der Waals surface area contributed by atoms with Crippen molar-refractivity contribution in [3.8, 4) is 0 Å². The van der Waals surface area contributed by atoms with Gasteiger partial charge in [0.2, 0.25) is 0 Å². The number of rotatable bonds is 2. The number of ketones is 1. The van der Waals surface area contributed by atoms with Gasteiger partial charge in [0.05, 0.1) is 4.88 Å². The first-order valence-corrected chi connectivity index (χ1v) is 8.03. The molecule has 2 aliphatic rings. The van der Waals surface area contributed by atoms with E-state index in [2.05, 4.69) is 22.9 Å². The van der Waals surface area contributed by atoms with Crippen molar-refractivity contribution in [3.63, 3.8) is 0 Å². The van der Waals surface area contributed by atoms with Crippen molar-refractivity contribution in [3.05, 3.63) is 21.4 Å². The summed E-state index contributed by atoms with van der Waals surface area (Å²) in [5, 5.41) is 0. The Balaban J connectivity index is 1.83. The maximum absolute atomic E-state index is 11.6. The maximum Gasteiger partial charge on any atom is 0.169 e. The number of fused-ring (bicyclic) bond motifs is 1. The molecule has 0 bridgehead atoms. The number of thiophene rings is 1. The minimum atomic E-state index is 0.219. The Morgan fingerprint density at radius 2 is 2.05 bits per heavy atom. The summed E-state index contributed by atoms with van der Waals surface area (Å²) in [5.74, 6) is 0.219. The Kier molecular flexibility index (Phi) is 3.74. The van der Waals surface area contributed by atoms with E-state index < -0.39 is 0 Å². The van der Waals surface area contributed by atoms with Crippen LogP contribution < -0.4 is 0 Å². The third-order valence-corrected chi connectivity index (χ3v) is 5.72. The lowest BCUT2D eigenvalue weighted by atomic mass is 9.92. The van der Waals surface area contributed by atoms with Crippen LogP contribution in [0.25, 0.3) is 0 Å². The van der Waals surface area contributed by atoms with Crippen LogP contribution in [0, 0.1) is 0 Å². The van der Waals surface area contributed by atoms with Crippen LogP contribution in [0.15, 0.2) is 6.07 Å². The molecule has 1 fully saturated rings. The van der Waals surface area contributed by atoms with Crippen LogP contribution in [-0.4, -0.2) is 48.8 Å². The first-order chi connectivity index (χ1) is 9.15. The Bertz CT molecular complexity index is 474. The number of Topliss-reactive ketones (excluding diaryl/α,β-unsaturated/α-hetero) is 1. The van der Waals surface area contributed by atoms with Crippen LogP contribution >= 0.6 is 11.3 Å². The third kappa shape index (κ3) is 2.62. The lowest BCUT2D eigenvalue weighted by Gasteiger charge is -2.39. The van der Waals surface area contributed by atoms with Gasteiger partial charge >= 0.3 is 0 Å². The smallest absolute Gasteiger partial charge is 0.169 e. The minimum absolute atomic E-state index is 0.219. The molecule has 0 N–H and O–H groups in total. The summed E-state index contributed by atoms with van der Waals surface area (Å²) in [6.07, 6.45) is 3.68. The summed E-state index contributed by atoms with van der Waals surface area (Å²) >= 11 is 1.73. The Labute approximate surface area is 119 Å². The number of nitrogens with zero attached hydrogens (tertiary/aromatic N) is 2. The standard InChI is InChI=1S/C15H22N2OS/c1-11(18)15-10-12-13(4-3-5-14(12)19-15)17-8-6-16(2)7-9-17/h10,13H,3-9H2,1-2H3. The topological polar surface area (TPSA) is 23.6 Å². The monoisotopic (exact) mass is 278 g/mol. The normalized spacial score (nSPS) is 25.3. The summed E-state index contributed by atoms with van der Waals surface area (Å²) in [4.78, 5) is 19.0. The van der Waals surface area contributed by atoms with E-state index in [0.29, 0.717) is 6.04 Å². The second-order valence-electron chi connectivity index (χ2n) is 5.79. The molecule has 3 nitrogen and oxygen atoms in total. The van der Waals surface area contributed by atoms with Crippen LogP contribution in [-0.2, 0) is 6.42 Å². The van der Waals surface area contributed by atoms with Gasteiger partial charge in [-0.05, 0) is 44.9 Å². The van der Waals surface area contributed by atoms with Crippen LogP contribution in [0.2, 0.25) is 0 Å². The highest BCUT2D eigenvalue weighted by molar-refractivity contribution is 7.14. The van der Waals surface area contributed by atoms with Crippen LogP contribution in [0.1, 0.15) is 45.9 Å². The summed E-state index contributed by atoms with van der Waals surface area (Å²) < 4.78 is 0. The Morgan fingerprint density at radius 1 is 1.32 bits per heavy atom. The molecule has 19 heavy (non-hydrogen) atoms. The fourth-order valence-electron chi connectivity index (χ4n) is 3.22. The van der Waals surface area contributed by atoms with E-state index in [9.17, 15) is 4.79 Å². The zero-order valence-electron chi connectivity index (χ0n) is 11.8. The second-order valence-corrected chi connectivity index (χ2v) is 6.93. The number of hydrogen-bond donors (Lipinski definition) is 0. The fourth-order valence-corrected chi connectivity index (χ4v) is 4.37. The average Bonchev–Trinajstić information content (AvgIpc) is 2.83. The largest absolute Gasteiger partial charge is 0.304 e. The van der Waals surface area contributed by atoms with E-state index in [1.807, 2.05) is 0 Å². The summed E-state index contributed by atoms with van der Waals surface area (Å²) in [6.45, 7) is 6.32. The molecule has 1 aromatic heterocycles. The molecule has 1 atom stereocenters. The van der Waals surface area contributed by atoms with Gasteiger partial charge in [0.25, 0.3) is 0 Å². The van der Waals surface area contributed by atoms with Gasteiger partial charge in [-0.1, -0.05) is 0 Å². The van der Waals surface area contributed by atoms with Crippen molar-refractivity contribution in [2.75, 3.05) is 33.2 Å². The van der Waals surface area contributed by atoms with Gasteiger partial charge in [-0.25, -0.2) is 0 Å². The van der Waals surface area contributed by atoms with Crippen LogP contribution in [0.4, 0.5) is 0 Å². The molecule has 0 amide bonds. The molecular formula is C15H22N2OS. The van der Waals surface area contributed by atoms with Gasteiger partial charge in [0.1, 0.15) is 0 Å². The molecule has 3 rings (SSSR count). The van der Waals surface area contributed by atoms with Crippen molar-refractivity contribution in [1.29, 1.82) is 0 Å². The van der Waals surface area contributed by atoms with E-state index in [-0.39, 0.29) is 5.78 Å². The van der Waals surface area contributed by atoms with Gasteiger partial charge in [0, 0.05) is 37.1 Å². The third-order valence-electron chi connectivity index (χ3n) is 4.41. The van der Waals surface area contributed by atoms with Gasteiger partial charge in [-0.3, -0.25) is 9.69 Å². The molecular weight excluding hydrogens is 256 g/mol. The van der Waals surface area contributed by atoms with E-state index in [0.717, 1.165) is 37.5 Å². The highest BCUT2D eigenvalue weighted by atomic mass is 32.1. The fraction of sp³-hybridized carbons (Fsp3) is 0.667. The summed E-state index contributed by atoms with van der Waals surface area (Å²) in [5.41, 5.74) is 1.45. The SMILES string of the molecule is CC(=O)c1cc2c(s1)CCCC2N1CCN(C)CC1. The molecule has 1 unspecified atom stereocenters. The van der Waals surface area contributed by atoms with E-state index in [1.54, 1.807) is 18.3 Å². The molecule has 1 saturated heterocycles. The molecule has 1 aromatic rings. The summed E-state index contributed by atoms with van der Waals surface area (Å²) in [7, 11) is 2.20. The minimum Gasteiger partial charge on any atom is -0.304 e. The van der Waals surface area contributed by atoms with Gasteiger partial charge < -0.3 is 4.90 Å². The lowest BCUT2D eigenvalue weighted by Crippen LogP contribution is -2.46. The van der Waals surface area contributed by atoms with E-state index in [4.69, 9.17) is 0 Å². The quantitative estimate of drug-likeness (QED) is 0.777. The highest BCUT2D eigenvalue weighted by Crippen LogP contribution is 2.39. The Hall–Kier alpha value is -0.710. The molecule has 1 aliphatic heterocycles. The zero-order valence-corrected chi connectivity index (χ0v) is 12.6. The number of aryl methyl sites for hydroxylation is 1. The average molecular weight is 278 g/mol. The first-order valence-electron chi connectivity index (χ1n) is 7.21. The molecule has 0 spiro atoms. The van der Waals surface area contributed by atoms with Crippen molar-refractivity contribution in [2.45, 2.75) is 32.2 Å². The molecule has 1 aliphatic carbocycles. The van der Waals surface area contributed by atoms with Crippen molar-refractivity contribution >= 4 is 17.1 Å². The molecule has 0 radical (unpaired) electrons. The van der Waals surface area contributed by atoms with E-state index in [1.165, 1.54) is 23.3 Å². The molecule has 104 valence electrons. The van der Waals surface area contributed by atoms with Gasteiger partial charge in [0.15, 0.2) is 5.78 Å². The second kappa shape index (κ2) is 5.35. The summed E-state index contributed by atoms with van der Waals surface area (Å²) in [6, 6.07) is 2.73. The van der Waals surface area contributed by atoms with Crippen molar-refractivity contribution in [2.24, 2.45) is 0 Å². The molecule has 0 saturated carbocycles. The molecule has 2 heterocycles. The zero-order chi connectivity index (χ0) is 13.4. The predicted octanol–water partition coefficient (Wildman–Crippen LogP) is 2.58. The predicted molar refractivity (Wildman–Crippen MR) is 79.1 cm³/mol.